The minimum Gasteiger partial charge on any atom is -0.389 e. The summed E-state index contributed by atoms with van der Waals surface area (Å²) in [5.74, 6) is 0. The van der Waals surface area contributed by atoms with Crippen LogP contribution in [-0.4, -0.2) is 11.2 Å². The van der Waals surface area contributed by atoms with E-state index in [2.05, 4.69) is 6.08 Å². The second-order valence-corrected chi connectivity index (χ2v) is 2.67. The standard InChI is InChI=1S/C11H18O/c1-4-6-7-8-9-11(5-2)10(3)12/h4-6,8-10,12H,7H2,1-3H3/b6-4-,9-8?,11-5+. The summed E-state index contributed by atoms with van der Waals surface area (Å²) in [6, 6.07) is 0. The average molecular weight is 166 g/mol. The van der Waals surface area contributed by atoms with E-state index >= 15 is 0 Å². The van der Waals surface area contributed by atoms with Crippen molar-refractivity contribution in [3.63, 3.8) is 0 Å². The van der Waals surface area contributed by atoms with Gasteiger partial charge in [-0.25, -0.2) is 0 Å². The van der Waals surface area contributed by atoms with Gasteiger partial charge in [0.05, 0.1) is 6.10 Å². The van der Waals surface area contributed by atoms with Crippen LogP contribution in [0.5, 0.6) is 0 Å². The predicted molar refractivity (Wildman–Crippen MR) is 54.0 cm³/mol. The summed E-state index contributed by atoms with van der Waals surface area (Å²) in [5.41, 5.74) is 0.972. The molecule has 0 aromatic rings. The first kappa shape index (κ1) is 11.2. The predicted octanol–water partition coefficient (Wildman–Crippen LogP) is 2.84. The Morgan fingerprint density at radius 2 is 2.00 bits per heavy atom. The lowest BCUT2D eigenvalue weighted by Crippen LogP contribution is -2.01. The summed E-state index contributed by atoms with van der Waals surface area (Å²) in [7, 11) is 0. The molecule has 1 heteroatoms. The zero-order chi connectivity index (χ0) is 9.40. The lowest BCUT2D eigenvalue weighted by atomic mass is 10.1. The first-order valence-corrected chi connectivity index (χ1v) is 4.34. The monoisotopic (exact) mass is 166 g/mol. The number of aliphatic hydroxyl groups excluding tert-OH is 1. The highest BCUT2D eigenvalue weighted by Crippen LogP contribution is 2.03. The van der Waals surface area contributed by atoms with Gasteiger partial charge in [-0.05, 0) is 32.8 Å². The van der Waals surface area contributed by atoms with Crippen LogP contribution in [0.2, 0.25) is 0 Å². The molecule has 0 aliphatic carbocycles. The van der Waals surface area contributed by atoms with Crippen LogP contribution in [0.25, 0.3) is 0 Å². The molecule has 0 aromatic heterocycles. The molecule has 0 saturated carbocycles. The molecule has 1 nitrogen and oxygen atoms in total. The van der Waals surface area contributed by atoms with Gasteiger partial charge in [0, 0.05) is 0 Å². The Balaban J connectivity index is 3.95. The largest absolute Gasteiger partial charge is 0.389 e. The maximum atomic E-state index is 9.23. The number of aliphatic hydroxyl groups is 1. The molecule has 0 spiro atoms. The fourth-order valence-corrected chi connectivity index (χ4v) is 0.895. The van der Waals surface area contributed by atoms with Crippen LogP contribution in [0.4, 0.5) is 0 Å². The molecule has 1 N–H and O–H groups in total. The second-order valence-electron chi connectivity index (χ2n) is 2.67. The van der Waals surface area contributed by atoms with Crippen LogP contribution in [0.1, 0.15) is 27.2 Å². The quantitative estimate of drug-likeness (QED) is 0.503. The Morgan fingerprint density at radius 1 is 1.33 bits per heavy atom. The second kappa shape index (κ2) is 6.86. The lowest BCUT2D eigenvalue weighted by Gasteiger charge is -2.02. The first-order valence-electron chi connectivity index (χ1n) is 4.34. The molecule has 0 aromatic carbocycles. The number of hydrogen-bond donors (Lipinski definition) is 1. The van der Waals surface area contributed by atoms with Gasteiger partial charge in [-0.15, -0.1) is 0 Å². The van der Waals surface area contributed by atoms with E-state index in [1.807, 2.05) is 38.2 Å². The van der Waals surface area contributed by atoms with Crippen molar-refractivity contribution in [2.75, 3.05) is 0 Å². The highest BCUT2D eigenvalue weighted by Gasteiger charge is 1.96. The lowest BCUT2D eigenvalue weighted by molar-refractivity contribution is 0.235. The third kappa shape index (κ3) is 4.91. The first-order chi connectivity index (χ1) is 5.72. The smallest absolute Gasteiger partial charge is 0.0758 e. The fourth-order valence-electron chi connectivity index (χ4n) is 0.895. The zero-order valence-corrected chi connectivity index (χ0v) is 8.12. The highest BCUT2D eigenvalue weighted by atomic mass is 16.3. The minimum absolute atomic E-state index is 0.364. The van der Waals surface area contributed by atoms with Crippen LogP contribution < -0.4 is 0 Å². The molecular weight excluding hydrogens is 148 g/mol. The molecule has 0 saturated heterocycles. The van der Waals surface area contributed by atoms with E-state index in [4.69, 9.17) is 0 Å². The Morgan fingerprint density at radius 3 is 2.42 bits per heavy atom. The Labute approximate surface area is 75.1 Å². The fraction of sp³-hybridized carbons (Fsp3) is 0.455. The summed E-state index contributed by atoms with van der Waals surface area (Å²) in [6.45, 7) is 5.70. The molecule has 0 aliphatic heterocycles. The molecule has 68 valence electrons. The van der Waals surface area contributed by atoms with Gasteiger partial charge in [0.15, 0.2) is 0 Å². The molecule has 0 radical (unpaired) electrons. The molecular formula is C11H18O. The van der Waals surface area contributed by atoms with E-state index in [1.165, 1.54) is 0 Å². The number of rotatable bonds is 4. The maximum Gasteiger partial charge on any atom is 0.0758 e. The molecule has 0 heterocycles. The van der Waals surface area contributed by atoms with Crippen molar-refractivity contribution in [1.29, 1.82) is 0 Å². The minimum atomic E-state index is -0.364. The normalized spacial score (nSPS) is 16.2. The van der Waals surface area contributed by atoms with Gasteiger partial charge in [0.2, 0.25) is 0 Å². The van der Waals surface area contributed by atoms with Gasteiger partial charge in [-0.2, -0.15) is 0 Å². The van der Waals surface area contributed by atoms with Crippen molar-refractivity contribution in [2.45, 2.75) is 33.3 Å². The van der Waals surface area contributed by atoms with Crippen LogP contribution in [-0.2, 0) is 0 Å². The van der Waals surface area contributed by atoms with E-state index in [0.29, 0.717) is 0 Å². The van der Waals surface area contributed by atoms with Crippen molar-refractivity contribution >= 4 is 0 Å². The molecule has 0 amide bonds. The molecule has 0 aliphatic rings. The maximum absolute atomic E-state index is 9.23. The van der Waals surface area contributed by atoms with E-state index in [9.17, 15) is 5.11 Å². The third-order valence-corrected chi connectivity index (χ3v) is 1.63. The van der Waals surface area contributed by atoms with Crippen molar-refractivity contribution in [3.05, 3.63) is 36.0 Å². The topological polar surface area (TPSA) is 20.2 Å². The summed E-state index contributed by atoms with van der Waals surface area (Å²) in [5, 5.41) is 9.23. The molecule has 0 rings (SSSR count). The average Bonchev–Trinajstić information content (AvgIpc) is 2.04. The van der Waals surface area contributed by atoms with Crippen molar-refractivity contribution in [1.82, 2.24) is 0 Å². The van der Waals surface area contributed by atoms with Gasteiger partial charge in [0.25, 0.3) is 0 Å². The van der Waals surface area contributed by atoms with Gasteiger partial charge in [-0.3, -0.25) is 0 Å². The number of allylic oxidation sites excluding steroid dienone is 4. The Hall–Kier alpha value is -0.820. The van der Waals surface area contributed by atoms with E-state index in [-0.39, 0.29) is 6.10 Å². The Kier molecular flexibility index (Phi) is 6.39. The zero-order valence-electron chi connectivity index (χ0n) is 8.12. The third-order valence-electron chi connectivity index (χ3n) is 1.63. The summed E-state index contributed by atoms with van der Waals surface area (Å²) >= 11 is 0. The highest BCUT2D eigenvalue weighted by molar-refractivity contribution is 5.21. The van der Waals surface area contributed by atoms with E-state index in [0.717, 1.165) is 12.0 Å². The van der Waals surface area contributed by atoms with Crippen molar-refractivity contribution in [2.24, 2.45) is 0 Å². The van der Waals surface area contributed by atoms with Crippen LogP contribution in [0, 0.1) is 0 Å². The SMILES string of the molecule is C/C=C\CC=C/C(=C\C)C(C)O. The van der Waals surface area contributed by atoms with Crippen LogP contribution >= 0.6 is 0 Å². The van der Waals surface area contributed by atoms with Crippen molar-refractivity contribution < 1.29 is 5.11 Å². The number of hydrogen-bond acceptors (Lipinski definition) is 1. The van der Waals surface area contributed by atoms with E-state index < -0.39 is 0 Å². The van der Waals surface area contributed by atoms with Gasteiger partial charge in [-0.1, -0.05) is 30.4 Å². The van der Waals surface area contributed by atoms with Crippen molar-refractivity contribution in [3.8, 4) is 0 Å². The molecule has 1 atom stereocenters. The van der Waals surface area contributed by atoms with Gasteiger partial charge in [0.1, 0.15) is 0 Å². The van der Waals surface area contributed by atoms with Crippen LogP contribution in [0.3, 0.4) is 0 Å². The molecule has 12 heavy (non-hydrogen) atoms. The summed E-state index contributed by atoms with van der Waals surface area (Å²) in [4.78, 5) is 0. The molecule has 0 bridgehead atoms. The van der Waals surface area contributed by atoms with Crippen LogP contribution in [0.15, 0.2) is 36.0 Å². The van der Waals surface area contributed by atoms with Gasteiger partial charge < -0.3 is 5.11 Å². The van der Waals surface area contributed by atoms with E-state index in [1.54, 1.807) is 6.92 Å². The van der Waals surface area contributed by atoms with Gasteiger partial charge >= 0.3 is 0 Å². The Bertz CT molecular complexity index is 185. The molecule has 0 fully saturated rings. The summed E-state index contributed by atoms with van der Waals surface area (Å²) < 4.78 is 0. The molecule has 1 unspecified atom stereocenters. The summed E-state index contributed by atoms with van der Waals surface area (Å²) in [6.07, 6.45) is 10.6.